The number of hydrogen-bond donors (Lipinski definition) is 0. The maximum Gasteiger partial charge on any atom is 0.265 e. The van der Waals surface area contributed by atoms with Crippen LogP contribution in [-0.2, 0) is 0 Å². The van der Waals surface area contributed by atoms with Gasteiger partial charge < -0.3 is 9.80 Å². The highest BCUT2D eigenvalue weighted by Crippen LogP contribution is 2.29. The molecule has 3 aromatic heterocycles. The van der Waals surface area contributed by atoms with Gasteiger partial charge in [0.05, 0.1) is 5.69 Å². The van der Waals surface area contributed by atoms with Crippen LogP contribution >= 0.6 is 11.3 Å². The maximum atomic E-state index is 13.2. The van der Waals surface area contributed by atoms with Crippen molar-refractivity contribution in [2.75, 3.05) is 31.1 Å². The SMILES string of the molecule is Cc1nc(-c2ccccc2)sc1C(=O)N1CCN(c2cc(-n3cncn3)ncn2)CC1. The lowest BCUT2D eigenvalue weighted by atomic mass is 10.2. The molecule has 0 spiro atoms. The number of amides is 1. The number of carbonyl (C=O) groups is 1. The third kappa shape index (κ3) is 3.89. The molecule has 156 valence electrons. The summed E-state index contributed by atoms with van der Waals surface area (Å²) in [6.07, 6.45) is 4.59. The zero-order valence-electron chi connectivity index (χ0n) is 16.9. The van der Waals surface area contributed by atoms with Gasteiger partial charge in [0, 0.05) is 37.8 Å². The van der Waals surface area contributed by atoms with Crippen molar-refractivity contribution in [3.63, 3.8) is 0 Å². The first kappa shape index (κ1) is 19.3. The fourth-order valence-electron chi connectivity index (χ4n) is 3.54. The average Bonchev–Trinajstić information content (AvgIpc) is 3.50. The monoisotopic (exact) mass is 432 g/mol. The third-order valence-corrected chi connectivity index (χ3v) is 6.39. The van der Waals surface area contributed by atoms with Crippen LogP contribution in [0.15, 0.2) is 55.4 Å². The molecule has 0 bridgehead atoms. The number of aromatic nitrogens is 6. The minimum Gasteiger partial charge on any atom is -0.353 e. The summed E-state index contributed by atoms with van der Waals surface area (Å²) in [7, 11) is 0. The van der Waals surface area contributed by atoms with Gasteiger partial charge in [-0.15, -0.1) is 11.3 Å². The van der Waals surface area contributed by atoms with Crippen molar-refractivity contribution in [1.82, 2.24) is 34.6 Å². The molecule has 31 heavy (non-hydrogen) atoms. The van der Waals surface area contributed by atoms with Gasteiger partial charge >= 0.3 is 0 Å². The molecule has 9 nitrogen and oxygen atoms in total. The zero-order valence-corrected chi connectivity index (χ0v) is 17.7. The molecule has 1 saturated heterocycles. The van der Waals surface area contributed by atoms with Gasteiger partial charge in [-0.3, -0.25) is 4.79 Å². The summed E-state index contributed by atoms with van der Waals surface area (Å²) in [6, 6.07) is 11.8. The fourth-order valence-corrected chi connectivity index (χ4v) is 4.58. The van der Waals surface area contributed by atoms with Crippen LogP contribution in [0.4, 0.5) is 5.82 Å². The van der Waals surface area contributed by atoms with Crippen LogP contribution in [-0.4, -0.2) is 66.7 Å². The Bertz CT molecular complexity index is 1180. The predicted octanol–water partition coefficient (Wildman–Crippen LogP) is 2.45. The molecular weight excluding hydrogens is 412 g/mol. The van der Waals surface area contributed by atoms with Crippen LogP contribution in [0.25, 0.3) is 16.4 Å². The summed E-state index contributed by atoms with van der Waals surface area (Å²) in [5.74, 6) is 1.52. The molecule has 4 aromatic rings. The molecule has 1 amide bonds. The second-order valence-electron chi connectivity index (χ2n) is 7.15. The Morgan fingerprint density at radius 2 is 1.77 bits per heavy atom. The first-order chi connectivity index (χ1) is 15.2. The van der Waals surface area contributed by atoms with E-state index in [1.54, 1.807) is 11.0 Å². The molecule has 0 aliphatic carbocycles. The molecule has 1 fully saturated rings. The minimum absolute atomic E-state index is 0.0443. The second-order valence-corrected chi connectivity index (χ2v) is 8.15. The van der Waals surface area contributed by atoms with E-state index in [4.69, 9.17) is 0 Å². The van der Waals surface area contributed by atoms with Gasteiger partial charge in [-0.25, -0.2) is 24.6 Å². The number of nitrogens with zero attached hydrogens (tertiary/aromatic N) is 8. The highest BCUT2D eigenvalue weighted by molar-refractivity contribution is 7.17. The largest absolute Gasteiger partial charge is 0.353 e. The van der Waals surface area contributed by atoms with Crippen molar-refractivity contribution in [3.05, 3.63) is 66.0 Å². The molecule has 5 rings (SSSR count). The Morgan fingerprint density at radius 3 is 2.52 bits per heavy atom. The third-order valence-electron chi connectivity index (χ3n) is 5.19. The Labute approximate surface area is 183 Å². The standard InChI is InChI=1S/C21H20N8OS/c1-15-19(31-20(26-15)16-5-3-2-4-6-16)21(30)28-9-7-27(8-10-28)17-11-18(24-13-23-17)29-14-22-12-25-29/h2-6,11-14H,7-10H2,1H3. The molecule has 0 atom stereocenters. The van der Waals surface area contributed by atoms with E-state index in [0.29, 0.717) is 36.9 Å². The lowest BCUT2D eigenvalue weighted by molar-refractivity contribution is 0.0750. The molecule has 0 unspecified atom stereocenters. The second kappa shape index (κ2) is 8.23. The van der Waals surface area contributed by atoms with Gasteiger partial charge in [-0.1, -0.05) is 30.3 Å². The quantitative estimate of drug-likeness (QED) is 0.489. The molecule has 10 heteroatoms. The topological polar surface area (TPSA) is 92.9 Å². The Kier molecular flexibility index (Phi) is 5.13. The molecular formula is C21H20N8OS. The smallest absolute Gasteiger partial charge is 0.265 e. The van der Waals surface area contributed by atoms with Crippen LogP contribution in [0.5, 0.6) is 0 Å². The van der Waals surface area contributed by atoms with Crippen LogP contribution < -0.4 is 4.90 Å². The fraction of sp³-hybridized carbons (Fsp3) is 0.238. The first-order valence-corrected chi connectivity index (χ1v) is 10.7. The molecule has 1 aliphatic heterocycles. The Morgan fingerprint density at radius 1 is 1.00 bits per heavy atom. The van der Waals surface area contributed by atoms with Crippen LogP contribution in [0.2, 0.25) is 0 Å². The van der Waals surface area contributed by atoms with Crippen molar-refractivity contribution in [3.8, 4) is 16.4 Å². The van der Waals surface area contributed by atoms with E-state index in [1.807, 2.05) is 48.2 Å². The Balaban J connectivity index is 1.28. The summed E-state index contributed by atoms with van der Waals surface area (Å²) >= 11 is 1.46. The number of carbonyl (C=O) groups excluding carboxylic acids is 1. The van der Waals surface area contributed by atoms with Gasteiger partial charge in [-0.05, 0) is 6.92 Å². The molecule has 0 radical (unpaired) electrons. The summed E-state index contributed by atoms with van der Waals surface area (Å²) in [4.78, 5) is 35.1. The van der Waals surface area contributed by atoms with E-state index in [2.05, 4.69) is 29.9 Å². The molecule has 0 N–H and O–H groups in total. The Hall–Kier alpha value is -3.66. The highest BCUT2D eigenvalue weighted by atomic mass is 32.1. The summed E-state index contributed by atoms with van der Waals surface area (Å²) in [6.45, 7) is 4.55. The van der Waals surface area contributed by atoms with Crippen molar-refractivity contribution in [1.29, 1.82) is 0 Å². The van der Waals surface area contributed by atoms with Gasteiger partial charge in [0.25, 0.3) is 5.91 Å². The lowest BCUT2D eigenvalue weighted by Gasteiger charge is -2.35. The van der Waals surface area contributed by atoms with Gasteiger partial charge in [0.15, 0.2) is 5.82 Å². The van der Waals surface area contributed by atoms with Crippen LogP contribution in [0.1, 0.15) is 15.4 Å². The number of benzene rings is 1. The maximum absolute atomic E-state index is 13.2. The predicted molar refractivity (Wildman–Crippen MR) is 117 cm³/mol. The molecule has 1 aromatic carbocycles. The number of anilines is 1. The lowest BCUT2D eigenvalue weighted by Crippen LogP contribution is -2.49. The number of piperazine rings is 1. The zero-order chi connectivity index (χ0) is 21.2. The van der Waals surface area contributed by atoms with Crippen molar-refractivity contribution in [2.45, 2.75) is 6.92 Å². The number of thiazole rings is 1. The molecule has 4 heterocycles. The van der Waals surface area contributed by atoms with E-state index >= 15 is 0 Å². The van der Waals surface area contributed by atoms with Gasteiger partial charge in [0.1, 0.15) is 34.7 Å². The summed E-state index contributed by atoms with van der Waals surface area (Å²) in [5, 5.41) is 4.99. The highest BCUT2D eigenvalue weighted by Gasteiger charge is 2.26. The van der Waals surface area contributed by atoms with Crippen LogP contribution in [0, 0.1) is 6.92 Å². The van der Waals surface area contributed by atoms with E-state index in [1.165, 1.54) is 24.0 Å². The first-order valence-electron chi connectivity index (χ1n) is 9.93. The van der Waals surface area contributed by atoms with Crippen molar-refractivity contribution in [2.24, 2.45) is 0 Å². The molecule has 1 aliphatic rings. The van der Waals surface area contributed by atoms with Crippen LogP contribution in [0.3, 0.4) is 0 Å². The van der Waals surface area contributed by atoms with E-state index in [0.717, 1.165) is 22.1 Å². The van der Waals surface area contributed by atoms with Gasteiger partial charge in [0.2, 0.25) is 0 Å². The van der Waals surface area contributed by atoms with Crippen molar-refractivity contribution < 1.29 is 4.79 Å². The molecule has 0 saturated carbocycles. The number of hydrogen-bond acceptors (Lipinski definition) is 8. The number of aryl methyl sites for hydroxylation is 1. The average molecular weight is 433 g/mol. The van der Waals surface area contributed by atoms with E-state index in [-0.39, 0.29) is 5.91 Å². The number of rotatable bonds is 4. The van der Waals surface area contributed by atoms with E-state index in [9.17, 15) is 4.79 Å². The van der Waals surface area contributed by atoms with E-state index < -0.39 is 0 Å². The minimum atomic E-state index is 0.0443. The van der Waals surface area contributed by atoms with Crippen molar-refractivity contribution >= 4 is 23.1 Å². The summed E-state index contributed by atoms with van der Waals surface area (Å²) in [5.41, 5.74) is 1.82. The van der Waals surface area contributed by atoms with Gasteiger partial charge in [-0.2, -0.15) is 5.10 Å². The summed E-state index contributed by atoms with van der Waals surface area (Å²) < 4.78 is 1.60. The normalized spacial score (nSPS) is 14.1.